The number of amides is 1. The van der Waals surface area contributed by atoms with Crippen LogP contribution >= 0.6 is 11.6 Å². The van der Waals surface area contributed by atoms with E-state index in [1.165, 1.54) is 0 Å². The number of benzene rings is 2. The van der Waals surface area contributed by atoms with Gasteiger partial charge in [0.15, 0.2) is 11.5 Å². The topological polar surface area (TPSA) is 75.9 Å². The number of halogens is 1. The van der Waals surface area contributed by atoms with Gasteiger partial charge in [0.05, 0.1) is 5.52 Å². The minimum atomic E-state index is 0.00168. The predicted molar refractivity (Wildman–Crippen MR) is 128 cm³/mol. The van der Waals surface area contributed by atoms with Gasteiger partial charge < -0.3 is 14.5 Å². The van der Waals surface area contributed by atoms with Crippen LogP contribution in [0, 0.1) is 6.92 Å². The average Bonchev–Trinajstić information content (AvgIpc) is 3.22. The van der Waals surface area contributed by atoms with E-state index in [0.29, 0.717) is 48.3 Å². The predicted octanol–water partition coefficient (Wildman–Crippen LogP) is 3.74. The molecule has 2 aromatic heterocycles. The number of nitrogens with zero attached hydrogens (tertiary/aromatic N) is 6. The number of hydrogen-bond donors (Lipinski definition) is 0. The van der Waals surface area contributed by atoms with E-state index in [0.717, 1.165) is 22.4 Å². The molecule has 0 unspecified atom stereocenters. The molecule has 1 saturated heterocycles. The Hall–Kier alpha value is -3.23. The number of piperazine rings is 1. The molecule has 2 aromatic carbocycles. The van der Waals surface area contributed by atoms with Crippen molar-refractivity contribution in [1.82, 2.24) is 24.5 Å². The molecule has 4 aromatic rings. The Labute approximate surface area is 196 Å². The molecule has 8 nitrogen and oxygen atoms in total. The van der Waals surface area contributed by atoms with Crippen LogP contribution in [0.2, 0.25) is 5.02 Å². The van der Waals surface area contributed by atoms with Crippen LogP contribution < -0.4 is 4.90 Å². The van der Waals surface area contributed by atoms with E-state index in [1.54, 1.807) is 7.11 Å². The first-order valence-electron chi connectivity index (χ1n) is 10.9. The second kappa shape index (κ2) is 8.61. The van der Waals surface area contributed by atoms with E-state index in [4.69, 9.17) is 21.3 Å². The third-order valence-corrected chi connectivity index (χ3v) is 6.33. The van der Waals surface area contributed by atoms with Gasteiger partial charge >= 0.3 is 0 Å². The van der Waals surface area contributed by atoms with Gasteiger partial charge in [-0.15, -0.1) is 10.2 Å². The number of aromatic nitrogens is 4. The van der Waals surface area contributed by atoms with Gasteiger partial charge in [0.2, 0.25) is 5.95 Å². The Bertz CT molecular complexity index is 1340. The van der Waals surface area contributed by atoms with Crippen LogP contribution in [0.15, 0.2) is 42.5 Å². The van der Waals surface area contributed by atoms with Gasteiger partial charge in [0.1, 0.15) is 6.61 Å². The van der Waals surface area contributed by atoms with Crippen molar-refractivity contribution >= 4 is 40.0 Å². The summed E-state index contributed by atoms with van der Waals surface area (Å²) in [5, 5.41) is 10.3. The lowest BCUT2D eigenvalue weighted by atomic mass is 10.1. The fourth-order valence-corrected chi connectivity index (χ4v) is 4.55. The molecule has 1 fully saturated rings. The van der Waals surface area contributed by atoms with Gasteiger partial charge in [-0.1, -0.05) is 29.3 Å². The van der Waals surface area contributed by atoms with Gasteiger partial charge in [-0.25, -0.2) is 9.38 Å². The Kier molecular flexibility index (Phi) is 5.64. The third kappa shape index (κ3) is 3.89. The van der Waals surface area contributed by atoms with Crippen molar-refractivity contribution in [2.45, 2.75) is 26.5 Å². The maximum Gasteiger partial charge on any atom is 0.254 e. The van der Waals surface area contributed by atoms with Gasteiger partial charge in [-0.05, 0) is 44.2 Å². The van der Waals surface area contributed by atoms with Gasteiger partial charge in [0, 0.05) is 48.8 Å². The quantitative estimate of drug-likeness (QED) is 0.458. The van der Waals surface area contributed by atoms with Crippen molar-refractivity contribution in [3.05, 3.63) is 64.4 Å². The number of fused-ring (bicyclic) bond motifs is 3. The Morgan fingerprint density at radius 1 is 1.15 bits per heavy atom. The zero-order chi connectivity index (χ0) is 23.1. The molecule has 0 radical (unpaired) electrons. The maximum atomic E-state index is 13.1. The zero-order valence-corrected chi connectivity index (χ0v) is 19.6. The zero-order valence-electron chi connectivity index (χ0n) is 18.8. The third-order valence-electron chi connectivity index (χ3n) is 6.09. The number of ether oxygens (including phenoxy) is 1. The summed E-state index contributed by atoms with van der Waals surface area (Å²) in [7, 11) is 1.63. The molecule has 0 N–H and O–H groups in total. The monoisotopic (exact) mass is 464 g/mol. The molecule has 1 atom stereocenters. The van der Waals surface area contributed by atoms with Crippen LogP contribution in [-0.4, -0.2) is 63.2 Å². The number of hydrogen-bond acceptors (Lipinski definition) is 6. The van der Waals surface area contributed by atoms with Gasteiger partial charge in [-0.2, -0.15) is 0 Å². The van der Waals surface area contributed by atoms with Gasteiger partial charge in [-0.3, -0.25) is 4.79 Å². The van der Waals surface area contributed by atoms with Crippen LogP contribution in [0.4, 0.5) is 5.95 Å². The van der Waals surface area contributed by atoms with Crippen molar-refractivity contribution in [1.29, 1.82) is 0 Å². The Morgan fingerprint density at radius 2 is 1.94 bits per heavy atom. The SMILES string of the molecule is COCc1nnc2c3ccc(Cl)cc3nc(N3CCN(C(=O)c4ccc(C)cc4)[C@H](C)C3)n12. The van der Waals surface area contributed by atoms with Crippen molar-refractivity contribution in [2.24, 2.45) is 0 Å². The molecule has 170 valence electrons. The first kappa shape index (κ1) is 21.6. The number of carbonyl (C=O) groups is 1. The average molecular weight is 465 g/mol. The minimum Gasteiger partial charge on any atom is -0.377 e. The lowest BCUT2D eigenvalue weighted by Crippen LogP contribution is -2.54. The van der Waals surface area contributed by atoms with Crippen molar-refractivity contribution < 1.29 is 9.53 Å². The maximum absolute atomic E-state index is 13.1. The molecule has 3 heterocycles. The summed E-state index contributed by atoms with van der Waals surface area (Å²) in [5.41, 5.74) is 3.32. The summed E-state index contributed by atoms with van der Waals surface area (Å²) < 4.78 is 7.30. The molecule has 1 aliphatic rings. The first-order valence-corrected chi connectivity index (χ1v) is 11.3. The highest BCUT2D eigenvalue weighted by molar-refractivity contribution is 6.31. The van der Waals surface area contributed by atoms with Crippen molar-refractivity contribution in [2.75, 3.05) is 31.6 Å². The first-order chi connectivity index (χ1) is 16.0. The Balaban J connectivity index is 1.50. The largest absolute Gasteiger partial charge is 0.377 e. The summed E-state index contributed by atoms with van der Waals surface area (Å²) in [6.07, 6.45) is 0. The molecule has 33 heavy (non-hydrogen) atoms. The van der Waals surface area contributed by atoms with Crippen molar-refractivity contribution in [3.8, 4) is 0 Å². The molecular weight excluding hydrogens is 440 g/mol. The van der Waals surface area contributed by atoms with Crippen LogP contribution in [0.1, 0.15) is 28.7 Å². The molecule has 1 aliphatic heterocycles. The number of methoxy groups -OCH3 is 1. The molecular formula is C24H25ClN6O2. The van der Waals surface area contributed by atoms with E-state index in [9.17, 15) is 4.79 Å². The summed E-state index contributed by atoms with van der Waals surface area (Å²) in [4.78, 5) is 22.2. The molecule has 0 aliphatic carbocycles. The normalized spacial score (nSPS) is 16.7. The van der Waals surface area contributed by atoms with Gasteiger partial charge in [0.25, 0.3) is 5.91 Å². The van der Waals surface area contributed by atoms with Crippen LogP contribution in [0.25, 0.3) is 16.6 Å². The molecule has 0 bridgehead atoms. The summed E-state index contributed by atoms with van der Waals surface area (Å²) in [6.45, 7) is 6.26. The van der Waals surface area contributed by atoms with E-state index < -0.39 is 0 Å². The van der Waals surface area contributed by atoms with Crippen LogP contribution in [0.5, 0.6) is 0 Å². The standard InChI is InChI=1S/C24H25ClN6O2/c1-15-4-6-17(7-5-15)23(32)30-11-10-29(13-16(30)2)24-26-20-12-18(25)8-9-19(20)22-28-27-21(14-33-3)31(22)24/h4-9,12,16H,10-11,13-14H2,1-3H3/t16-/m1/s1. The summed E-state index contributed by atoms with van der Waals surface area (Å²) >= 11 is 6.25. The number of aryl methyl sites for hydroxylation is 1. The molecule has 0 spiro atoms. The highest BCUT2D eigenvalue weighted by atomic mass is 35.5. The Morgan fingerprint density at radius 3 is 2.67 bits per heavy atom. The van der Waals surface area contributed by atoms with Crippen LogP contribution in [-0.2, 0) is 11.3 Å². The lowest BCUT2D eigenvalue weighted by Gasteiger charge is -2.40. The van der Waals surface area contributed by atoms with E-state index in [2.05, 4.69) is 22.0 Å². The highest BCUT2D eigenvalue weighted by Crippen LogP contribution is 2.28. The minimum absolute atomic E-state index is 0.00168. The van der Waals surface area contributed by atoms with E-state index in [-0.39, 0.29) is 11.9 Å². The second-order valence-corrected chi connectivity index (χ2v) is 8.88. The lowest BCUT2D eigenvalue weighted by molar-refractivity contribution is 0.0673. The van der Waals surface area contributed by atoms with Crippen molar-refractivity contribution in [3.63, 3.8) is 0 Å². The highest BCUT2D eigenvalue weighted by Gasteiger charge is 2.30. The second-order valence-electron chi connectivity index (χ2n) is 8.44. The van der Waals surface area contributed by atoms with Crippen LogP contribution in [0.3, 0.4) is 0 Å². The number of rotatable bonds is 4. The molecule has 1 amide bonds. The van der Waals surface area contributed by atoms with E-state index in [1.807, 2.05) is 58.7 Å². The van der Waals surface area contributed by atoms with E-state index >= 15 is 0 Å². The fraction of sp³-hybridized carbons (Fsp3) is 0.333. The summed E-state index contributed by atoms with van der Waals surface area (Å²) in [6, 6.07) is 13.3. The molecule has 9 heteroatoms. The fourth-order valence-electron chi connectivity index (χ4n) is 4.38. The molecule has 0 saturated carbocycles. The molecule has 5 rings (SSSR count). The number of anilines is 1. The number of carbonyl (C=O) groups excluding carboxylic acids is 1. The summed E-state index contributed by atoms with van der Waals surface area (Å²) in [5.74, 6) is 1.46. The smallest absolute Gasteiger partial charge is 0.254 e.